The summed E-state index contributed by atoms with van der Waals surface area (Å²) >= 11 is 0. The summed E-state index contributed by atoms with van der Waals surface area (Å²) in [6.07, 6.45) is 5.93. The molecule has 126 valence electrons. The van der Waals surface area contributed by atoms with Crippen molar-refractivity contribution in [2.24, 2.45) is 11.7 Å². The fourth-order valence-electron chi connectivity index (χ4n) is 3.29. The van der Waals surface area contributed by atoms with Crippen molar-refractivity contribution in [3.05, 3.63) is 35.4 Å². The average molecular weight is 317 g/mol. The molecule has 0 atom stereocenters. The van der Waals surface area contributed by atoms with Crippen LogP contribution in [0.4, 0.5) is 0 Å². The van der Waals surface area contributed by atoms with Gasteiger partial charge in [-0.05, 0) is 55.7 Å². The van der Waals surface area contributed by atoms with Gasteiger partial charge < -0.3 is 15.3 Å². The van der Waals surface area contributed by atoms with E-state index in [-0.39, 0.29) is 17.8 Å². The lowest BCUT2D eigenvalue weighted by Crippen LogP contribution is -2.35. The largest absolute Gasteiger partial charge is 0.465 e. The molecule has 1 aromatic carbocycles. The molecule has 0 spiro atoms. The van der Waals surface area contributed by atoms with Gasteiger partial charge in [0, 0.05) is 0 Å². The molecule has 0 heterocycles. The fourth-order valence-corrected chi connectivity index (χ4v) is 3.29. The molecule has 0 unspecified atom stereocenters. The zero-order valence-corrected chi connectivity index (χ0v) is 13.9. The van der Waals surface area contributed by atoms with Crippen molar-refractivity contribution in [3.63, 3.8) is 0 Å². The molecule has 0 radical (unpaired) electrons. The maximum Gasteiger partial charge on any atom is 0.310 e. The molecule has 23 heavy (non-hydrogen) atoms. The lowest BCUT2D eigenvalue weighted by Gasteiger charge is -2.36. The number of carbonyl (C=O) groups is 2. The number of rotatable bonds is 7. The van der Waals surface area contributed by atoms with Crippen LogP contribution in [-0.4, -0.2) is 25.4 Å². The highest BCUT2D eigenvalue weighted by atomic mass is 16.5. The molecule has 2 N–H and O–H groups in total. The van der Waals surface area contributed by atoms with Crippen LogP contribution in [0.25, 0.3) is 0 Å². The fraction of sp³-hybridized carbons (Fsp3) is 0.579. The third kappa shape index (κ3) is 4.41. The minimum atomic E-state index is -0.382. The minimum absolute atomic E-state index is 0.201. The first-order chi connectivity index (χ1) is 11.1. The van der Waals surface area contributed by atoms with Gasteiger partial charge in [0.2, 0.25) is 0 Å². The van der Waals surface area contributed by atoms with Crippen LogP contribution in [0.15, 0.2) is 24.3 Å². The Morgan fingerprint density at radius 2 is 1.96 bits per heavy atom. The van der Waals surface area contributed by atoms with E-state index in [0.717, 1.165) is 49.5 Å². The van der Waals surface area contributed by atoms with E-state index in [0.29, 0.717) is 19.1 Å². The molecule has 1 aliphatic rings. The smallest absolute Gasteiger partial charge is 0.310 e. The summed E-state index contributed by atoms with van der Waals surface area (Å²) in [5.74, 6) is 0.337. The summed E-state index contributed by atoms with van der Waals surface area (Å²) in [7, 11) is 0. The van der Waals surface area contributed by atoms with Crippen molar-refractivity contribution in [2.75, 3.05) is 13.2 Å². The van der Waals surface area contributed by atoms with Crippen LogP contribution in [0.3, 0.4) is 0 Å². The monoisotopic (exact) mass is 317 g/mol. The molecule has 0 aromatic heterocycles. The number of aldehydes is 1. The molecular formula is C19H27NO3. The van der Waals surface area contributed by atoms with E-state index < -0.39 is 0 Å². The van der Waals surface area contributed by atoms with Crippen LogP contribution in [0, 0.1) is 5.92 Å². The summed E-state index contributed by atoms with van der Waals surface area (Å²) in [5, 5.41) is 0. The summed E-state index contributed by atoms with van der Waals surface area (Å²) in [4.78, 5) is 23.4. The number of carbonyl (C=O) groups excluding carboxylic acids is 2. The molecule has 0 amide bonds. The van der Waals surface area contributed by atoms with Crippen LogP contribution in [0.1, 0.15) is 50.2 Å². The minimum Gasteiger partial charge on any atom is -0.465 e. The standard InChI is InChI=1S/C19H27NO3/c1-2-11-23-18(22)12-15-3-5-17(6-4-15)19(14-21)9-7-16(13-20)8-10-19/h3-6,14,16H,2,7-13,20H2,1H3. The van der Waals surface area contributed by atoms with Gasteiger partial charge in [-0.1, -0.05) is 31.2 Å². The first kappa shape index (κ1) is 17.7. The van der Waals surface area contributed by atoms with Crippen molar-refractivity contribution in [2.45, 2.75) is 50.9 Å². The average Bonchev–Trinajstić information content (AvgIpc) is 2.60. The SMILES string of the molecule is CCCOC(=O)Cc1ccc(C2(C=O)CCC(CN)CC2)cc1. The summed E-state index contributed by atoms with van der Waals surface area (Å²) in [5.41, 5.74) is 7.33. The van der Waals surface area contributed by atoms with E-state index in [2.05, 4.69) is 0 Å². The predicted octanol–water partition coefficient (Wildman–Crippen LogP) is 2.77. The summed E-state index contributed by atoms with van der Waals surface area (Å²) < 4.78 is 5.10. The van der Waals surface area contributed by atoms with Crippen molar-refractivity contribution in [3.8, 4) is 0 Å². The third-order valence-electron chi connectivity index (χ3n) is 4.90. The number of nitrogens with two attached hydrogens (primary N) is 1. The second-order valence-corrected chi connectivity index (χ2v) is 6.55. The Kier molecular flexibility index (Phi) is 6.34. The van der Waals surface area contributed by atoms with E-state index in [9.17, 15) is 9.59 Å². The zero-order chi connectivity index (χ0) is 16.7. The highest BCUT2D eigenvalue weighted by molar-refractivity contribution is 5.73. The van der Waals surface area contributed by atoms with Crippen molar-refractivity contribution >= 4 is 12.3 Å². The van der Waals surface area contributed by atoms with Crippen molar-refractivity contribution in [1.82, 2.24) is 0 Å². The van der Waals surface area contributed by atoms with Gasteiger partial charge in [0.15, 0.2) is 0 Å². The number of hydrogen-bond acceptors (Lipinski definition) is 4. The molecule has 0 bridgehead atoms. The predicted molar refractivity (Wildman–Crippen MR) is 90.2 cm³/mol. The van der Waals surface area contributed by atoms with Gasteiger partial charge in [0.1, 0.15) is 6.29 Å². The lowest BCUT2D eigenvalue weighted by molar-refractivity contribution is -0.142. The van der Waals surface area contributed by atoms with Crippen molar-refractivity contribution < 1.29 is 14.3 Å². The maximum absolute atomic E-state index is 11.8. The van der Waals surface area contributed by atoms with E-state index >= 15 is 0 Å². The van der Waals surface area contributed by atoms with Gasteiger partial charge in [-0.25, -0.2) is 0 Å². The molecule has 0 aliphatic heterocycles. The number of ether oxygens (including phenoxy) is 1. The molecule has 0 saturated heterocycles. The Bertz CT molecular complexity index is 516. The quantitative estimate of drug-likeness (QED) is 0.620. The van der Waals surface area contributed by atoms with Crippen LogP contribution in [0.5, 0.6) is 0 Å². The van der Waals surface area contributed by atoms with Crippen LogP contribution in [-0.2, 0) is 26.2 Å². The summed E-state index contributed by atoms with van der Waals surface area (Å²) in [6.45, 7) is 3.14. The highest BCUT2D eigenvalue weighted by Gasteiger charge is 2.36. The van der Waals surface area contributed by atoms with Crippen LogP contribution < -0.4 is 5.73 Å². The topological polar surface area (TPSA) is 69.4 Å². The zero-order valence-electron chi connectivity index (χ0n) is 13.9. The van der Waals surface area contributed by atoms with Gasteiger partial charge in [-0.3, -0.25) is 4.79 Å². The van der Waals surface area contributed by atoms with Crippen LogP contribution >= 0.6 is 0 Å². The third-order valence-corrected chi connectivity index (χ3v) is 4.90. The van der Waals surface area contributed by atoms with E-state index in [1.54, 1.807) is 0 Å². The lowest BCUT2D eigenvalue weighted by atomic mass is 9.67. The molecule has 4 heteroatoms. The second kappa shape index (κ2) is 8.25. The molecule has 1 aromatic rings. The molecule has 1 aliphatic carbocycles. The Balaban J connectivity index is 2.03. The second-order valence-electron chi connectivity index (χ2n) is 6.55. The highest BCUT2D eigenvalue weighted by Crippen LogP contribution is 2.39. The van der Waals surface area contributed by atoms with Gasteiger partial charge in [-0.15, -0.1) is 0 Å². The molecular weight excluding hydrogens is 290 g/mol. The normalized spacial score (nSPS) is 24.2. The van der Waals surface area contributed by atoms with E-state index in [1.165, 1.54) is 0 Å². The summed E-state index contributed by atoms with van der Waals surface area (Å²) in [6, 6.07) is 7.84. The van der Waals surface area contributed by atoms with Gasteiger partial charge in [-0.2, -0.15) is 0 Å². The van der Waals surface area contributed by atoms with Gasteiger partial charge in [0.25, 0.3) is 0 Å². The van der Waals surface area contributed by atoms with E-state index in [4.69, 9.17) is 10.5 Å². The molecule has 4 nitrogen and oxygen atoms in total. The molecule has 1 fully saturated rings. The van der Waals surface area contributed by atoms with E-state index in [1.807, 2.05) is 31.2 Å². The number of esters is 1. The maximum atomic E-state index is 11.8. The Morgan fingerprint density at radius 3 is 2.48 bits per heavy atom. The molecule has 2 rings (SSSR count). The van der Waals surface area contributed by atoms with Crippen molar-refractivity contribution in [1.29, 1.82) is 0 Å². The Hall–Kier alpha value is -1.68. The van der Waals surface area contributed by atoms with Gasteiger partial charge >= 0.3 is 5.97 Å². The molecule has 1 saturated carbocycles. The number of hydrogen-bond donors (Lipinski definition) is 1. The number of benzene rings is 1. The first-order valence-electron chi connectivity index (χ1n) is 8.55. The first-order valence-corrected chi connectivity index (χ1v) is 8.55. The van der Waals surface area contributed by atoms with Crippen LogP contribution in [0.2, 0.25) is 0 Å². The Morgan fingerprint density at radius 1 is 1.30 bits per heavy atom. The Labute approximate surface area is 138 Å². The van der Waals surface area contributed by atoms with Gasteiger partial charge in [0.05, 0.1) is 18.4 Å².